The first-order chi connectivity index (χ1) is 10.1. The van der Waals surface area contributed by atoms with Gasteiger partial charge in [-0.25, -0.2) is 4.79 Å². The average Bonchev–Trinajstić information content (AvgIpc) is 2.53. The molecule has 0 bridgehead atoms. The van der Waals surface area contributed by atoms with Gasteiger partial charge >= 0.3 is 5.97 Å². The van der Waals surface area contributed by atoms with E-state index in [9.17, 15) is 4.79 Å². The topological polar surface area (TPSA) is 71.5 Å². The molecule has 5 nitrogen and oxygen atoms in total. The number of pyridine rings is 1. The lowest BCUT2D eigenvalue weighted by molar-refractivity contribution is 0.0696. The van der Waals surface area contributed by atoms with Gasteiger partial charge in [0.1, 0.15) is 5.75 Å². The highest BCUT2D eigenvalue weighted by atomic mass is 16.5. The second kappa shape index (κ2) is 6.85. The number of aromatic carboxylic acids is 1. The lowest BCUT2D eigenvalue weighted by atomic mass is 10.1. The number of hydrogen-bond donors (Lipinski definition) is 2. The Balaban J connectivity index is 1.96. The van der Waals surface area contributed by atoms with Crippen LogP contribution >= 0.6 is 0 Å². The second-order valence-electron chi connectivity index (χ2n) is 4.72. The zero-order valence-corrected chi connectivity index (χ0v) is 12.0. The van der Waals surface area contributed by atoms with Gasteiger partial charge < -0.3 is 15.2 Å². The number of carboxylic acid groups (broad SMARTS) is 1. The molecule has 1 aromatic carbocycles. The van der Waals surface area contributed by atoms with E-state index < -0.39 is 5.97 Å². The molecule has 1 atom stereocenters. The molecule has 0 saturated carbocycles. The molecule has 0 aliphatic heterocycles. The van der Waals surface area contributed by atoms with Crippen LogP contribution in [0.5, 0.6) is 5.75 Å². The summed E-state index contributed by atoms with van der Waals surface area (Å²) in [4.78, 5) is 14.9. The maximum Gasteiger partial charge on any atom is 0.337 e. The Morgan fingerprint density at radius 3 is 2.81 bits per heavy atom. The van der Waals surface area contributed by atoms with Gasteiger partial charge in [-0.3, -0.25) is 4.98 Å². The molecule has 2 rings (SSSR count). The highest BCUT2D eigenvalue weighted by molar-refractivity contribution is 5.87. The van der Waals surface area contributed by atoms with Crippen molar-refractivity contribution < 1.29 is 14.6 Å². The van der Waals surface area contributed by atoms with E-state index in [2.05, 4.69) is 17.2 Å². The maximum absolute atomic E-state index is 10.8. The van der Waals surface area contributed by atoms with Gasteiger partial charge in [-0.05, 0) is 36.8 Å². The molecule has 2 aromatic rings. The van der Waals surface area contributed by atoms with Crippen LogP contribution in [0.25, 0.3) is 0 Å². The molecule has 0 spiro atoms. The molecule has 0 radical (unpaired) electrons. The molecular formula is C16H18N2O3. The Morgan fingerprint density at radius 1 is 1.38 bits per heavy atom. The van der Waals surface area contributed by atoms with Gasteiger partial charge in [0, 0.05) is 18.8 Å². The van der Waals surface area contributed by atoms with Crippen molar-refractivity contribution in [1.82, 2.24) is 10.3 Å². The van der Waals surface area contributed by atoms with Crippen molar-refractivity contribution in [1.29, 1.82) is 0 Å². The van der Waals surface area contributed by atoms with Crippen molar-refractivity contribution in [3.63, 3.8) is 0 Å². The fourth-order valence-corrected chi connectivity index (χ4v) is 1.94. The zero-order valence-electron chi connectivity index (χ0n) is 12.0. The van der Waals surface area contributed by atoms with Crippen LogP contribution in [0.3, 0.4) is 0 Å². The molecule has 2 N–H and O–H groups in total. The SMILES string of the molecule is COc1cccc([C@@H](C)NCc2ccc(C(=O)O)cn2)c1. The van der Waals surface area contributed by atoms with Crippen LogP contribution in [-0.4, -0.2) is 23.2 Å². The summed E-state index contributed by atoms with van der Waals surface area (Å²) in [6.45, 7) is 2.62. The molecule has 110 valence electrons. The normalized spacial score (nSPS) is 11.9. The molecule has 0 aliphatic rings. The van der Waals surface area contributed by atoms with E-state index in [1.54, 1.807) is 19.2 Å². The highest BCUT2D eigenvalue weighted by Gasteiger charge is 2.07. The fourth-order valence-electron chi connectivity index (χ4n) is 1.94. The Morgan fingerprint density at radius 2 is 2.19 bits per heavy atom. The predicted octanol–water partition coefficient (Wildman–Crippen LogP) is 2.64. The summed E-state index contributed by atoms with van der Waals surface area (Å²) in [5.74, 6) is -0.142. The van der Waals surface area contributed by atoms with Crippen LogP contribution in [0.4, 0.5) is 0 Å². The number of rotatable bonds is 6. The first-order valence-corrected chi connectivity index (χ1v) is 6.65. The minimum absolute atomic E-state index is 0.140. The minimum atomic E-state index is -0.966. The van der Waals surface area contributed by atoms with Gasteiger partial charge in [-0.15, -0.1) is 0 Å². The zero-order chi connectivity index (χ0) is 15.2. The van der Waals surface area contributed by atoms with Gasteiger partial charge in [0.2, 0.25) is 0 Å². The minimum Gasteiger partial charge on any atom is -0.497 e. The summed E-state index contributed by atoms with van der Waals surface area (Å²) in [5.41, 5.74) is 2.12. The summed E-state index contributed by atoms with van der Waals surface area (Å²) < 4.78 is 5.21. The molecule has 5 heteroatoms. The molecule has 0 saturated heterocycles. The fraction of sp³-hybridized carbons (Fsp3) is 0.250. The summed E-state index contributed by atoms with van der Waals surface area (Å²) >= 11 is 0. The summed E-state index contributed by atoms with van der Waals surface area (Å²) in [5, 5.41) is 12.2. The van der Waals surface area contributed by atoms with Crippen molar-refractivity contribution in [2.24, 2.45) is 0 Å². The van der Waals surface area contributed by atoms with Gasteiger partial charge in [-0.2, -0.15) is 0 Å². The van der Waals surface area contributed by atoms with Crippen LogP contribution in [-0.2, 0) is 6.54 Å². The lowest BCUT2D eigenvalue weighted by Gasteiger charge is -2.15. The van der Waals surface area contributed by atoms with Gasteiger partial charge in [0.05, 0.1) is 18.4 Å². The number of carbonyl (C=O) groups is 1. The molecule has 21 heavy (non-hydrogen) atoms. The van der Waals surface area contributed by atoms with Crippen LogP contribution in [0.2, 0.25) is 0 Å². The Bertz CT molecular complexity index is 611. The molecule has 1 heterocycles. The maximum atomic E-state index is 10.8. The highest BCUT2D eigenvalue weighted by Crippen LogP contribution is 2.18. The van der Waals surface area contributed by atoms with Crippen molar-refractivity contribution in [3.8, 4) is 5.75 Å². The number of ether oxygens (including phenoxy) is 1. The first kappa shape index (κ1) is 15.0. The van der Waals surface area contributed by atoms with Crippen molar-refractivity contribution in [3.05, 3.63) is 59.4 Å². The quantitative estimate of drug-likeness (QED) is 0.854. The Kier molecular flexibility index (Phi) is 4.90. The smallest absolute Gasteiger partial charge is 0.337 e. The number of aromatic nitrogens is 1. The third-order valence-corrected chi connectivity index (χ3v) is 3.25. The summed E-state index contributed by atoms with van der Waals surface area (Å²) in [6.07, 6.45) is 1.37. The molecular weight excluding hydrogens is 268 g/mol. The molecule has 1 aromatic heterocycles. The largest absolute Gasteiger partial charge is 0.497 e. The average molecular weight is 286 g/mol. The van der Waals surface area contributed by atoms with Crippen LogP contribution < -0.4 is 10.1 Å². The number of hydrogen-bond acceptors (Lipinski definition) is 4. The summed E-state index contributed by atoms with van der Waals surface area (Å²) in [7, 11) is 1.64. The summed E-state index contributed by atoms with van der Waals surface area (Å²) in [6, 6.07) is 11.3. The van der Waals surface area contributed by atoms with Gasteiger partial charge in [0.25, 0.3) is 0 Å². The van der Waals surface area contributed by atoms with Crippen molar-refractivity contribution in [2.45, 2.75) is 19.5 Å². The van der Waals surface area contributed by atoms with E-state index in [-0.39, 0.29) is 11.6 Å². The first-order valence-electron chi connectivity index (χ1n) is 6.65. The van der Waals surface area contributed by atoms with E-state index in [0.29, 0.717) is 6.54 Å². The van der Waals surface area contributed by atoms with Crippen LogP contribution in [0.15, 0.2) is 42.6 Å². The van der Waals surface area contributed by atoms with Crippen LogP contribution in [0.1, 0.15) is 34.6 Å². The number of carboxylic acids is 1. The van der Waals surface area contributed by atoms with E-state index >= 15 is 0 Å². The number of nitrogens with zero attached hydrogens (tertiary/aromatic N) is 1. The van der Waals surface area contributed by atoms with Gasteiger partial charge in [0.15, 0.2) is 0 Å². The number of benzene rings is 1. The number of nitrogens with one attached hydrogen (secondary N) is 1. The van der Waals surface area contributed by atoms with Gasteiger partial charge in [-0.1, -0.05) is 12.1 Å². The standard InChI is InChI=1S/C16H18N2O3/c1-11(12-4-3-5-15(8-12)21-2)17-10-14-7-6-13(9-18-14)16(19)20/h3-9,11,17H,10H2,1-2H3,(H,19,20)/t11-/m1/s1. The van der Waals surface area contributed by atoms with Crippen molar-refractivity contribution in [2.75, 3.05) is 7.11 Å². The van der Waals surface area contributed by atoms with E-state index in [0.717, 1.165) is 17.0 Å². The van der Waals surface area contributed by atoms with Crippen molar-refractivity contribution >= 4 is 5.97 Å². The third-order valence-electron chi connectivity index (χ3n) is 3.25. The predicted molar refractivity (Wildman–Crippen MR) is 79.4 cm³/mol. The Labute approximate surface area is 123 Å². The third kappa shape index (κ3) is 4.03. The van der Waals surface area contributed by atoms with E-state index in [4.69, 9.17) is 9.84 Å². The molecule has 0 unspecified atom stereocenters. The van der Waals surface area contributed by atoms with E-state index in [1.807, 2.05) is 24.3 Å². The molecule has 0 fully saturated rings. The molecule has 0 amide bonds. The van der Waals surface area contributed by atoms with E-state index in [1.165, 1.54) is 6.20 Å². The molecule has 0 aliphatic carbocycles. The number of methoxy groups -OCH3 is 1. The Hall–Kier alpha value is -2.40. The second-order valence-corrected chi connectivity index (χ2v) is 4.72. The lowest BCUT2D eigenvalue weighted by Crippen LogP contribution is -2.18. The van der Waals surface area contributed by atoms with Crippen LogP contribution in [0, 0.1) is 0 Å². The monoisotopic (exact) mass is 286 g/mol.